The lowest BCUT2D eigenvalue weighted by Gasteiger charge is -2.10. The zero-order valence-electron chi connectivity index (χ0n) is 38.0. The van der Waals surface area contributed by atoms with Gasteiger partial charge in [-0.3, -0.25) is 9.59 Å². The average Bonchev–Trinajstić information content (AvgIpc) is 3.84. The second-order valence-electron chi connectivity index (χ2n) is 14.6. The Hall–Kier alpha value is -8.64. The number of rotatable bonds is 18. The van der Waals surface area contributed by atoms with Gasteiger partial charge in [0.15, 0.2) is 5.84 Å². The van der Waals surface area contributed by atoms with Crippen LogP contribution in [0.3, 0.4) is 0 Å². The second kappa shape index (κ2) is 25.8. The van der Waals surface area contributed by atoms with Crippen LogP contribution in [0, 0.1) is 0 Å². The number of oxime groups is 1. The summed E-state index contributed by atoms with van der Waals surface area (Å²) in [7, 11) is 3.20. The van der Waals surface area contributed by atoms with Gasteiger partial charge in [0.2, 0.25) is 5.82 Å². The van der Waals surface area contributed by atoms with E-state index in [1.807, 2.05) is 48.5 Å². The maximum atomic E-state index is 12.4. The SMILES string of the molecule is COCCOc1cccc(Cn2cc(-c3noc(-c4ccc(OC(F)(F)F)cc4)n3)ccc2=O)c1.COCCOc1cccc(Cn2cc(/C(N)=N/O)ccc2=O)c1.O=C(O)c1ccc(OC(F)(F)F)cc1. The van der Waals surface area contributed by atoms with Crippen molar-refractivity contribution in [3.8, 4) is 45.8 Å². The first-order valence-corrected chi connectivity index (χ1v) is 20.9. The molecule has 0 bridgehead atoms. The average molecular weight is 1010 g/mol. The number of alkyl halides is 6. The van der Waals surface area contributed by atoms with Crippen molar-refractivity contribution in [3.63, 3.8) is 0 Å². The first kappa shape index (κ1) is 54.3. The predicted octanol–water partition coefficient (Wildman–Crippen LogP) is 7.84. The molecule has 0 spiro atoms. The number of ether oxygens (including phenoxy) is 6. The lowest BCUT2D eigenvalue weighted by atomic mass is 10.2. The molecule has 0 saturated heterocycles. The number of methoxy groups -OCH3 is 2. The van der Waals surface area contributed by atoms with E-state index < -0.39 is 24.4 Å². The Labute approximate surface area is 404 Å². The molecule has 0 fully saturated rings. The fourth-order valence-electron chi connectivity index (χ4n) is 6.05. The van der Waals surface area contributed by atoms with Gasteiger partial charge in [-0.25, -0.2) is 4.79 Å². The van der Waals surface area contributed by atoms with Crippen LogP contribution in [0.5, 0.6) is 23.0 Å². The molecule has 3 aromatic heterocycles. The molecule has 0 aliphatic heterocycles. The van der Waals surface area contributed by atoms with Crippen molar-refractivity contribution in [1.29, 1.82) is 0 Å². The number of benzene rings is 4. The highest BCUT2D eigenvalue weighted by Crippen LogP contribution is 2.28. The van der Waals surface area contributed by atoms with Gasteiger partial charge in [0.05, 0.1) is 31.9 Å². The number of carboxylic acid groups (broad SMARTS) is 1. The van der Waals surface area contributed by atoms with Gasteiger partial charge in [0.1, 0.15) is 36.2 Å². The van der Waals surface area contributed by atoms with Crippen LogP contribution in [0.25, 0.3) is 22.8 Å². The summed E-state index contributed by atoms with van der Waals surface area (Å²) in [5.41, 5.74) is 8.23. The molecule has 72 heavy (non-hydrogen) atoms. The number of halogens is 6. The molecule has 24 heteroatoms. The van der Waals surface area contributed by atoms with Gasteiger partial charge in [-0.2, -0.15) is 4.98 Å². The molecule has 380 valence electrons. The number of aromatic carboxylic acids is 1. The van der Waals surface area contributed by atoms with Gasteiger partial charge in [-0.05, 0) is 96.1 Å². The van der Waals surface area contributed by atoms with Crippen molar-refractivity contribution in [1.82, 2.24) is 19.3 Å². The predicted molar refractivity (Wildman–Crippen MR) is 245 cm³/mol. The van der Waals surface area contributed by atoms with Crippen molar-refractivity contribution >= 4 is 11.8 Å². The number of nitrogens with zero attached hydrogens (tertiary/aromatic N) is 5. The Morgan fingerprint density at radius 3 is 1.60 bits per heavy atom. The van der Waals surface area contributed by atoms with Crippen LogP contribution >= 0.6 is 0 Å². The Morgan fingerprint density at radius 1 is 0.639 bits per heavy atom. The number of aromatic nitrogens is 4. The Bertz CT molecular complexity index is 3000. The number of carbonyl (C=O) groups is 1. The smallest absolute Gasteiger partial charge is 0.491 e. The minimum Gasteiger partial charge on any atom is -0.491 e. The summed E-state index contributed by atoms with van der Waals surface area (Å²) in [6, 6.07) is 29.7. The maximum absolute atomic E-state index is 12.4. The lowest BCUT2D eigenvalue weighted by Crippen LogP contribution is -2.23. The molecule has 0 atom stereocenters. The minimum absolute atomic E-state index is 0.0459. The zero-order chi connectivity index (χ0) is 52.3. The van der Waals surface area contributed by atoms with Crippen LogP contribution in [-0.4, -0.2) is 94.8 Å². The number of hydrogen-bond donors (Lipinski definition) is 3. The molecule has 0 aliphatic carbocycles. The molecule has 0 amide bonds. The Balaban J connectivity index is 0.000000223. The molecule has 0 radical (unpaired) electrons. The van der Waals surface area contributed by atoms with Crippen molar-refractivity contribution in [2.45, 2.75) is 25.8 Å². The minimum atomic E-state index is -4.78. The van der Waals surface area contributed by atoms with E-state index in [0.29, 0.717) is 67.7 Å². The number of nitrogens with two attached hydrogens (primary N) is 1. The molecular weight excluding hydrogens is 967 g/mol. The molecular formula is C48H44F6N6O12. The third kappa shape index (κ3) is 17.7. The van der Waals surface area contributed by atoms with Gasteiger partial charge in [-0.15, -0.1) is 26.3 Å². The van der Waals surface area contributed by atoms with E-state index in [1.54, 1.807) is 32.7 Å². The Morgan fingerprint density at radius 2 is 1.11 bits per heavy atom. The molecule has 4 aromatic carbocycles. The van der Waals surface area contributed by atoms with Crippen LogP contribution in [-0.2, 0) is 22.6 Å². The van der Waals surface area contributed by atoms with E-state index in [2.05, 4.69) is 24.8 Å². The number of amidine groups is 1. The van der Waals surface area contributed by atoms with E-state index in [4.69, 9.17) is 39.5 Å². The number of pyridine rings is 2. The van der Waals surface area contributed by atoms with E-state index in [1.165, 1.54) is 39.5 Å². The largest absolute Gasteiger partial charge is 0.573 e. The molecule has 7 rings (SSSR count). The topological polar surface area (TPSA) is 234 Å². The molecule has 18 nitrogen and oxygen atoms in total. The lowest BCUT2D eigenvalue weighted by molar-refractivity contribution is -0.275. The van der Waals surface area contributed by atoms with E-state index in [-0.39, 0.29) is 40.0 Å². The standard InChI is InChI=1S/C24H20F3N3O5.C16H19N3O4.C8H5F3O3/c1-32-11-12-33-20-4-2-3-16(13-20)14-30-15-18(7-10-21(30)31)22-28-23(35-29-22)17-5-8-19(9-6-17)34-24(25,26)27;1-22-7-8-23-14-4-2-3-12(9-14)10-19-11-13(16(17)18-21)5-6-15(19)20;9-8(10,11)14-6-3-1-5(2-4-6)7(12)13/h2-10,13,15H,11-12,14H2,1H3;2-6,9,11,21H,7-8,10H2,1H3,(H2,17,18);1-4H,(H,12,13). The molecule has 0 aliphatic rings. The van der Waals surface area contributed by atoms with Crippen LogP contribution in [0.4, 0.5) is 26.3 Å². The van der Waals surface area contributed by atoms with Gasteiger partial charge in [0, 0.05) is 55.4 Å². The molecule has 7 aromatic rings. The van der Waals surface area contributed by atoms with Crippen molar-refractivity contribution in [2.24, 2.45) is 10.9 Å². The molecule has 3 heterocycles. The highest BCUT2D eigenvalue weighted by atomic mass is 19.4. The highest BCUT2D eigenvalue weighted by Gasteiger charge is 2.32. The zero-order valence-corrected chi connectivity index (χ0v) is 38.0. The quantitative estimate of drug-likeness (QED) is 0.0186. The first-order chi connectivity index (χ1) is 34.3. The summed E-state index contributed by atoms with van der Waals surface area (Å²) in [4.78, 5) is 39.0. The molecule has 4 N–H and O–H groups in total. The normalized spacial score (nSPS) is 11.4. The highest BCUT2D eigenvalue weighted by molar-refractivity contribution is 5.96. The van der Waals surface area contributed by atoms with Gasteiger partial charge in [0.25, 0.3) is 17.0 Å². The maximum Gasteiger partial charge on any atom is 0.573 e. The number of carboxylic acids is 1. The van der Waals surface area contributed by atoms with E-state index >= 15 is 0 Å². The fourth-order valence-corrected chi connectivity index (χ4v) is 6.05. The van der Waals surface area contributed by atoms with Gasteiger partial charge >= 0.3 is 18.7 Å². The molecule has 0 saturated carbocycles. The van der Waals surface area contributed by atoms with Crippen molar-refractivity contribution in [3.05, 3.63) is 177 Å². The fraction of sp³-hybridized carbons (Fsp3) is 0.208. The summed E-state index contributed by atoms with van der Waals surface area (Å²) in [5.74, 6) is -0.348. The summed E-state index contributed by atoms with van der Waals surface area (Å²) >= 11 is 0. The second-order valence-corrected chi connectivity index (χ2v) is 14.6. The van der Waals surface area contributed by atoms with Crippen LogP contribution < -0.4 is 35.8 Å². The monoisotopic (exact) mass is 1010 g/mol. The van der Waals surface area contributed by atoms with E-state index in [9.17, 15) is 40.7 Å². The summed E-state index contributed by atoms with van der Waals surface area (Å²) in [6.45, 7) is 2.48. The van der Waals surface area contributed by atoms with Crippen LogP contribution in [0.1, 0.15) is 27.0 Å². The summed E-state index contributed by atoms with van der Waals surface area (Å²) < 4.78 is 109. The third-order valence-electron chi connectivity index (χ3n) is 9.34. The van der Waals surface area contributed by atoms with Crippen LogP contribution in [0.2, 0.25) is 0 Å². The summed E-state index contributed by atoms with van der Waals surface area (Å²) in [6.07, 6.45) is -6.38. The third-order valence-corrected chi connectivity index (χ3v) is 9.34. The molecule has 0 unspecified atom stereocenters. The Kier molecular flexibility index (Phi) is 19.5. The van der Waals surface area contributed by atoms with E-state index in [0.717, 1.165) is 47.5 Å². The van der Waals surface area contributed by atoms with Crippen LogP contribution in [0.15, 0.2) is 153 Å². The van der Waals surface area contributed by atoms with Gasteiger partial charge < -0.3 is 58.1 Å². The number of hydrogen-bond acceptors (Lipinski definition) is 14. The van der Waals surface area contributed by atoms with Gasteiger partial charge in [-0.1, -0.05) is 34.6 Å². The summed E-state index contributed by atoms with van der Waals surface area (Å²) in [5, 5.41) is 24.0. The van der Waals surface area contributed by atoms with Crippen molar-refractivity contribution < 1.29 is 74.4 Å². The first-order valence-electron chi connectivity index (χ1n) is 20.9. The van der Waals surface area contributed by atoms with Crippen molar-refractivity contribution in [2.75, 3.05) is 40.6 Å².